The lowest BCUT2D eigenvalue weighted by atomic mass is 9.93. The van der Waals surface area contributed by atoms with Crippen molar-refractivity contribution in [2.24, 2.45) is 0 Å². The van der Waals surface area contributed by atoms with E-state index in [1.807, 2.05) is 60.7 Å². The first kappa shape index (κ1) is 29.0. The summed E-state index contributed by atoms with van der Waals surface area (Å²) in [5, 5.41) is 6.78. The van der Waals surface area contributed by atoms with Crippen LogP contribution in [0.5, 0.6) is 0 Å². The third kappa shape index (κ3) is 4.96. The molecule has 238 valence electrons. The highest BCUT2D eigenvalue weighted by Gasteiger charge is 2.19. The normalized spacial score (nSPS) is 11.5. The summed E-state index contributed by atoms with van der Waals surface area (Å²) >= 11 is 0. The molecule has 0 unspecified atom stereocenters. The smallest absolute Gasteiger partial charge is 0.164 e. The molecule has 0 saturated heterocycles. The van der Waals surface area contributed by atoms with Gasteiger partial charge < -0.3 is 4.42 Å². The number of nitrogens with zero attached hydrogens (tertiary/aromatic N) is 3. The molecule has 2 aromatic heterocycles. The molecular formula is C47H29N3O. The molecule has 4 nitrogen and oxygen atoms in total. The minimum Gasteiger partial charge on any atom is -0.455 e. The molecule has 4 heteroatoms. The lowest BCUT2D eigenvalue weighted by Crippen LogP contribution is -2.00. The van der Waals surface area contributed by atoms with E-state index < -0.39 is 0 Å². The van der Waals surface area contributed by atoms with E-state index in [0.717, 1.165) is 71.7 Å². The van der Waals surface area contributed by atoms with E-state index in [4.69, 9.17) is 19.4 Å². The van der Waals surface area contributed by atoms with Crippen LogP contribution in [0.25, 0.3) is 99.9 Å². The van der Waals surface area contributed by atoms with Gasteiger partial charge in [0.2, 0.25) is 0 Å². The summed E-state index contributed by atoms with van der Waals surface area (Å²) in [6.07, 6.45) is 0. The molecule has 0 spiro atoms. The highest BCUT2D eigenvalue weighted by atomic mass is 16.3. The zero-order valence-electron chi connectivity index (χ0n) is 27.5. The van der Waals surface area contributed by atoms with Gasteiger partial charge in [0.25, 0.3) is 0 Å². The monoisotopic (exact) mass is 651 g/mol. The minimum absolute atomic E-state index is 0.638. The van der Waals surface area contributed by atoms with Gasteiger partial charge in [-0.05, 0) is 62.5 Å². The Kier molecular flexibility index (Phi) is 6.78. The molecule has 0 N–H and O–H groups in total. The number of rotatable bonds is 5. The summed E-state index contributed by atoms with van der Waals surface area (Å²) in [6, 6.07) is 60.9. The predicted molar refractivity (Wildman–Crippen MR) is 209 cm³/mol. The number of hydrogen-bond acceptors (Lipinski definition) is 4. The zero-order chi connectivity index (χ0) is 33.7. The summed E-state index contributed by atoms with van der Waals surface area (Å²) in [7, 11) is 0. The first-order valence-electron chi connectivity index (χ1n) is 17.1. The molecule has 0 aliphatic heterocycles. The maximum Gasteiger partial charge on any atom is 0.164 e. The number of hydrogen-bond donors (Lipinski definition) is 0. The first-order chi connectivity index (χ1) is 25.3. The molecule has 0 bridgehead atoms. The summed E-state index contributed by atoms with van der Waals surface area (Å²) in [5.74, 6) is 1.93. The molecule has 51 heavy (non-hydrogen) atoms. The van der Waals surface area contributed by atoms with Crippen molar-refractivity contribution in [1.82, 2.24) is 15.0 Å². The van der Waals surface area contributed by atoms with Gasteiger partial charge in [0, 0.05) is 33.0 Å². The molecule has 10 aromatic rings. The van der Waals surface area contributed by atoms with Crippen LogP contribution >= 0.6 is 0 Å². The van der Waals surface area contributed by atoms with Gasteiger partial charge in [-0.25, -0.2) is 15.0 Å². The fraction of sp³-hybridized carbons (Fsp3) is 0. The second-order valence-corrected chi connectivity index (χ2v) is 12.8. The van der Waals surface area contributed by atoms with Gasteiger partial charge in [0.1, 0.15) is 11.2 Å². The third-order valence-electron chi connectivity index (χ3n) is 9.72. The van der Waals surface area contributed by atoms with Gasteiger partial charge in [-0.3, -0.25) is 0 Å². The van der Waals surface area contributed by atoms with E-state index in [1.165, 1.54) is 10.8 Å². The minimum atomic E-state index is 0.638. The zero-order valence-corrected chi connectivity index (χ0v) is 27.5. The molecular weight excluding hydrogens is 623 g/mol. The van der Waals surface area contributed by atoms with Crippen LogP contribution in [-0.2, 0) is 0 Å². The lowest BCUT2D eigenvalue weighted by Gasteiger charge is -2.13. The number of furan rings is 1. The molecule has 10 rings (SSSR count). The van der Waals surface area contributed by atoms with Crippen LogP contribution < -0.4 is 0 Å². The first-order valence-corrected chi connectivity index (χ1v) is 17.1. The second kappa shape index (κ2) is 11.9. The molecule has 8 aromatic carbocycles. The van der Waals surface area contributed by atoms with Crippen molar-refractivity contribution in [1.29, 1.82) is 0 Å². The SMILES string of the molecule is c1ccc(-c2nc(-c3ccccc3)nc(-c3ccc(-c4ccc5c(c4)oc4c(-c6ccccc6)c6ccccc6cc45)c4ccccc34)n2)cc1. The maximum absolute atomic E-state index is 6.80. The molecule has 2 heterocycles. The quantitative estimate of drug-likeness (QED) is 0.186. The molecule has 0 atom stereocenters. The molecule has 0 aliphatic rings. The number of fused-ring (bicyclic) bond motifs is 5. The van der Waals surface area contributed by atoms with Crippen LogP contribution in [0.2, 0.25) is 0 Å². The fourth-order valence-corrected chi connectivity index (χ4v) is 7.31. The van der Waals surface area contributed by atoms with Crippen molar-refractivity contribution < 1.29 is 4.42 Å². The van der Waals surface area contributed by atoms with Crippen molar-refractivity contribution in [3.63, 3.8) is 0 Å². The van der Waals surface area contributed by atoms with Gasteiger partial charge in [-0.15, -0.1) is 0 Å². The second-order valence-electron chi connectivity index (χ2n) is 12.8. The number of aromatic nitrogens is 3. The topological polar surface area (TPSA) is 51.8 Å². The van der Waals surface area contributed by atoms with Crippen molar-refractivity contribution in [3.8, 4) is 56.4 Å². The van der Waals surface area contributed by atoms with Crippen LogP contribution in [0.3, 0.4) is 0 Å². The maximum atomic E-state index is 6.80. The van der Waals surface area contributed by atoms with Crippen LogP contribution in [0.1, 0.15) is 0 Å². The van der Waals surface area contributed by atoms with Crippen molar-refractivity contribution in [2.45, 2.75) is 0 Å². The number of benzene rings is 8. The highest BCUT2D eigenvalue weighted by molar-refractivity contribution is 6.19. The fourth-order valence-electron chi connectivity index (χ4n) is 7.31. The van der Waals surface area contributed by atoms with Crippen molar-refractivity contribution >= 4 is 43.5 Å². The third-order valence-corrected chi connectivity index (χ3v) is 9.72. The standard InChI is InChI=1S/C47H29N3O/c1-4-14-30(15-5-1)43-36-21-11-10-20-33(36)28-41-39-25-24-34(29-42(39)51-44(41)43)35-26-27-40(38-23-13-12-22-37(35)38)47-49-45(31-16-6-2-7-17-31)48-46(50-47)32-18-8-3-9-19-32/h1-29H. The Balaban J connectivity index is 1.15. The summed E-state index contributed by atoms with van der Waals surface area (Å²) in [6.45, 7) is 0. The Morgan fingerprint density at radius 2 is 0.863 bits per heavy atom. The largest absolute Gasteiger partial charge is 0.455 e. The summed E-state index contributed by atoms with van der Waals surface area (Å²) in [4.78, 5) is 15.0. The van der Waals surface area contributed by atoms with Crippen LogP contribution in [-0.4, -0.2) is 15.0 Å². The Hall–Kier alpha value is -6.91. The van der Waals surface area contributed by atoms with Crippen LogP contribution in [0.4, 0.5) is 0 Å². The summed E-state index contributed by atoms with van der Waals surface area (Å²) in [5.41, 5.74) is 9.08. The molecule has 0 aliphatic carbocycles. The predicted octanol–water partition coefficient (Wildman–Crippen LogP) is 12.4. The van der Waals surface area contributed by atoms with E-state index >= 15 is 0 Å². The average molecular weight is 652 g/mol. The van der Waals surface area contributed by atoms with E-state index in [9.17, 15) is 0 Å². The van der Waals surface area contributed by atoms with E-state index in [-0.39, 0.29) is 0 Å². The van der Waals surface area contributed by atoms with Crippen LogP contribution in [0.15, 0.2) is 180 Å². The van der Waals surface area contributed by atoms with E-state index in [0.29, 0.717) is 17.5 Å². The Morgan fingerprint density at radius 3 is 1.53 bits per heavy atom. The average Bonchev–Trinajstić information content (AvgIpc) is 3.57. The molecule has 0 fully saturated rings. The van der Waals surface area contributed by atoms with E-state index in [1.54, 1.807) is 0 Å². The lowest BCUT2D eigenvalue weighted by molar-refractivity contribution is 0.670. The van der Waals surface area contributed by atoms with Crippen molar-refractivity contribution in [2.75, 3.05) is 0 Å². The Labute approximate surface area is 294 Å². The van der Waals surface area contributed by atoms with Crippen LogP contribution in [0, 0.1) is 0 Å². The molecule has 0 radical (unpaired) electrons. The van der Waals surface area contributed by atoms with Gasteiger partial charge in [0.05, 0.1) is 0 Å². The highest BCUT2D eigenvalue weighted by Crippen LogP contribution is 2.43. The molecule has 0 saturated carbocycles. The van der Waals surface area contributed by atoms with Gasteiger partial charge >= 0.3 is 0 Å². The Morgan fingerprint density at radius 1 is 0.333 bits per heavy atom. The molecule has 0 amide bonds. The van der Waals surface area contributed by atoms with Gasteiger partial charge in [-0.2, -0.15) is 0 Å². The summed E-state index contributed by atoms with van der Waals surface area (Å²) < 4.78 is 6.80. The van der Waals surface area contributed by atoms with Gasteiger partial charge in [0.15, 0.2) is 17.5 Å². The van der Waals surface area contributed by atoms with E-state index in [2.05, 4.69) is 115 Å². The Bertz CT molecular complexity index is 2840. The van der Waals surface area contributed by atoms with Gasteiger partial charge in [-0.1, -0.05) is 152 Å². The van der Waals surface area contributed by atoms with Crippen molar-refractivity contribution in [3.05, 3.63) is 176 Å².